The summed E-state index contributed by atoms with van der Waals surface area (Å²) in [5, 5.41) is 16.9. The summed E-state index contributed by atoms with van der Waals surface area (Å²) in [5.41, 5.74) is 0.564. The molecule has 1 heterocycles. The molecule has 0 bridgehead atoms. The Morgan fingerprint density at radius 3 is 2.42 bits per heavy atom. The molecule has 1 aliphatic rings. The van der Waals surface area contributed by atoms with Gasteiger partial charge in [0.25, 0.3) is 5.69 Å². The SMILES string of the molecule is CC(C)CN(CC(N=O)[C@H](Cc1ccccc1)NC(=O)O[C@H]1CCOC1)S(=O)(=O)c1ccc([N+](=O)[O-])cc1. The zero-order chi connectivity index (χ0) is 27.7. The molecule has 3 rings (SSSR count). The Kier molecular flexibility index (Phi) is 10.3. The quantitative estimate of drug-likeness (QED) is 0.226. The van der Waals surface area contributed by atoms with E-state index in [0.29, 0.717) is 13.0 Å². The summed E-state index contributed by atoms with van der Waals surface area (Å²) in [6, 6.07) is 11.6. The van der Waals surface area contributed by atoms with Crippen LogP contribution in [-0.2, 0) is 25.9 Å². The van der Waals surface area contributed by atoms with Crippen molar-refractivity contribution in [1.82, 2.24) is 9.62 Å². The fourth-order valence-corrected chi connectivity index (χ4v) is 5.73. The standard InChI is InChI=1S/C25H32N4O8S/c1-18(2)15-28(38(34,35)22-10-8-20(9-11-22)29(32)33)16-24(27-31)23(14-19-6-4-3-5-7-19)26-25(30)37-21-12-13-36-17-21/h3-11,18,21,23-24H,12-17H2,1-2H3,(H,26,30)/t21-,23-,24?/m0/s1. The molecule has 3 atom stereocenters. The van der Waals surface area contributed by atoms with E-state index in [-0.39, 0.29) is 42.6 Å². The third kappa shape index (κ3) is 8.04. The molecule has 1 saturated heterocycles. The number of sulfonamides is 1. The zero-order valence-corrected chi connectivity index (χ0v) is 22.1. The van der Waals surface area contributed by atoms with Gasteiger partial charge in [-0.25, -0.2) is 13.2 Å². The number of benzene rings is 2. The highest BCUT2D eigenvalue weighted by molar-refractivity contribution is 7.89. The van der Waals surface area contributed by atoms with Crippen LogP contribution < -0.4 is 5.32 Å². The van der Waals surface area contributed by atoms with Crippen LogP contribution in [0.1, 0.15) is 25.8 Å². The van der Waals surface area contributed by atoms with Crippen molar-refractivity contribution in [3.05, 3.63) is 75.2 Å². The molecule has 1 unspecified atom stereocenters. The van der Waals surface area contributed by atoms with Gasteiger partial charge < -0.3 is 14.8 Å². The molecule has 2 aromatic carbocycles. The smallest absolute Gasteiger partial charge is 0.407 e. The van der Waals surface area contributed by atoms with E-state index in [2.05, 4.69) is 10.5 Å². The third-order valence-electron chi connectivity index (χ3n) is 6.01. The lowest BCUT2D eigenvalue weighted by Crippen LogP contribution is -2.50. The van der Waals surface area contributed by atoms with Crippen molar-refractivity contribution in [2.75, 3.05) is 26.3 Å². The van der Waals surface area contributed by atoms with Gasteiger partial charge in [-0.3, -0.25) is 10.1 Å². The van der Waals surface area contributed by atoms with Crippen LogP contribution in [-0.4, -0.2) is 68.2 Å². The third-order valence-corrected chi connectivity index (χ3v) is 7.85. The lowest BCUT2D eigenvalue weighted by atomic mass is 9.99. The average molecular weight is 549 g/mol. The van der Waals surface area contributed by atoms with Crippen molar-refractivity contribution < 1.29 is 27.6 Å². The van der Waals surface area contributed by atoms with Crippen LogP contribution in [0.5, 0.6) is 0 Å². The van der Waals surface area contributed by atoms with Crippen LogP contribution in [0.4, 0.5) is 10.5 Å². The molecule has 13 heteroatoms. The molecule has 12 nitrogen and oxygen atoms in total. The number of alkyl carbamates (subject to hydrolysis) is 1. The first kappa shape index (κ1) is 29.1. The van der Waals surface area contributed by atoms with Gasteiger partial charge in [-0.05, 0) is 30.0 Å². The highest BCUT2D eigenvalue weighted by Gasteiger charge is 2.34. The van der Waals surface area contributed by atoms with Gasteiger partial charge in [-0.1, -0.05) is 49.4 Å². The Bertz CT molecular complexity index is 1190. The molecule has 38 heavy (non-hydrogen) atoms. The van der Waals surface area contributed by atoms with Gasteiger partial charge in [0.2, 0.25) is 10.0 Å². The summed E-state index contributed by atoms with van der Waals surface area (Å²) < 4.78 is 38.8. The van der Waals surface area contributed by atoms with E-state index in [0.717, 1.165) is 34.1 Å². The normalized spacial score (nSPS) is 17.2. The molecule has 1 aliphatic heterocycles. The molecular formula is C25H32N4O8S. The fourth-order valence-electron chi connectivity index (χ4n) is 4.10. The van der Waals surface area contributed by atoms with Crippen molar-refractivity contribution in [3.63, 3.8) is 0 Å². The van der Waals surface area contributed by atoms with E-state index >= 15 is 0 Å². The zero-order valence-electron chi connectivity index (χ0n) is 21.3. The molecule has 1 N–H and O–H groups in total. The molecule has 206 valence electrons. The molecular weight excluding hydrogens is 516 g/mol. The van der Waals surface area contributed by atoms with Crippen LogP contribution in [0.15, 0.2) is 64.7 Å². The van der Waals surface area contributed by atoms with E-state index in [1.165, 1.54) is 0 Å². The molecule has 1 fully saturated rings. The van der Waals surface area contributed by atoms with Gasteiger partial charge in [0, 0.05) is 31.6 Å². The lowest BCUT2D eigenvalue weighted by Gasteiger charge is -2.30. The minimum Gasteiger partial charge on any atom is -0.444 e. The number of nitroso groups, excluding NO2 is 1. The van der Waals surface area contributed by atoms with Gasteiger partial charge in [-0.15, -0.1) is 0 Å². The summed E-state index contributed by atoms with van der Waals surface area (Å²) in [6.07, 6.45) is -0.388. The number of hydrogen-bond donors (Lipinski definition) is 1. The number of carbonyl (C=O) groups is 1. The second-order valence-electron chi connectivity index (χ2n) is 9.47. The first-order valence-corrected chi connectivity index (χ1v) is 13.7. The fraction of sp³-hybridized carbons (Fsp3) is 0.480. The van der Waals surface area contributed by atoms with Gasteiger partial charge in [0.1, 0.15) is 12.1 Å². The maximum absolute atomic E-state index is 13.5. The van der Waals surface area contributed by atoms with Crippen LogP contribution in [0.25, 0.3) is 0 Å². The van der Waals surface area contributed by atoms with Crippen LogP contribution in [0.2, 0.25) is 0 Å². The topological polar surface area (TPSA) is 158 Å². The predicted molar refractivity (Wildman–Crippen MR) is 139 cm³/mol. The average Bonchev–Trinajstić information content (AvgIpc) is 3.39. The van der Waals surface area contributed by atoms with E-state index in [1.807, 2.05) is 44.2 Å². The second kappa shape index (κ2) is 13.4. The molecule has 0 aliphatic carbocycles. The molecule has 0 spiro atoms. The number of ether oxygens (including phenoxy) is 2. The van der Waals surface area contributed by atoms with E-state index in [9.17, 15) is 28.2 Å². The number of nitro groups is 1. The largest absolute Gasteiger partial charge is 0.444 e. The number of amides is 1. The van der Waals surface area contributed by atoms with Gasteiger partial charge >= 0.3 is 6.09 Å². The summed E-state index contributed by atoms with van der Waals surface area (Å²) in [5.74, 6) is -0.108. The number of nitrogens with zero attached hydrogens (tertiary/aromatic N) is 3. The van der Waals surface area contributed by atoms with Gasteiger partial charge in [-0.2, -0.15) is 9.21 Å². The highest BCUT2D eigenvalue weighted by Crippen LogP contribution is 2.22. The number of nitro benzene ring substituents is 1. The van der Waals surface area contributed by atoms with Crippen molar-refractivity contribution in [2.45, 2.75) is 49.8 Å². The Morgan fingerprint density at radius 1 is 1.18 bits per heavy atom. The monoisotopic (exact) mass is 548 g/mol. The van der Waals surface area contributed by atoms with Crippen LogP contribution >= 0.6 is 0 Å². The highest BCUT2D eigenvalue weighted by atomic mass is 32.2. The van der Waals surface area contributed by atoms with Crippen molar-refractivity contribution in [1.29, 1.82) is 0 Å². The van der Waals surface area contributed by atoms with Crippen molar-refractivity contribution >= 4 is 21.8 Å². The molecule has 2 aromatic rings. The van der Waals surface area contributed by atoms with Gasteiger partial charge in [0.05, 0.1) is 29.1 Å². The molecule has 0 saturated carbocycles. The first-order valence-electron chi connectivity index (χ1n) is 12.3. The van der Waals surface area contributed by atoms with E-state index < -0.39 is 39.2 Å². The summed E-state index contributed by atoms with van der Waals surface area (Å²) in [6.45, 7) is 4.15. The lowest BCUT2D eigenvalue weighted by molar-refractivity contribution is -0.384. The Balaban J connectivity index is 1.86. The van der Waals surface area contributed by atoms with Crippen molar-refractivity contribution in [2.24, 2.45) is 11.1 Å². The number of rotatable bonds is 13. The van der Waals surface area contributed by atoms with Crippen LogP contribution in [0.3, 0.4) is 0 Å². The number of carbonyl (C=O) groups excluding carboxylic acids is 1. The van der Waals surface area contributed by atoms with Gasteiger partial charge in [0.15, 0.2) is 0 Å². The first-order chi connectivity index (χ1) is 18.1. The summed E-state index contributed by atoms with van der Waals surface area (Å²) >= 11 is 0. The Hall–Kier alpha value is -3.42. The maximum atomic E-state index is 13.5. The Morgan fingerprint density at radius 2 is 1.87 bits per heavy atom. The van der Waals surface area contributed by atoms with Crippen LogP contribution in [0, 0.1) is 20.9 Å². The van der Waals surface area contributed by atoms with E-state index in [4.69, 9.17) is 9.47 Å². The molecule has 0 aromatic heterocycles. The number of nitrogens with one attached hydrogen (secondary N) is 1. The number of hydrogen-bond acceptors (Lipinski definition) is 9. The maximum Gasteiger partial charge on any atom is 0.407 e. The Labute approximate surface area is 221 Å². The molecule has 0 radical (unpaired) electrons. The van der Waals surface area contributed by atoms with Crippen molar-refractivity contribution in [3.8, 4) is 0 Å². The molecule has 1 amide bonds. The number of non-ortho nitro benzene ring substituents is 1. The minimum absolute atomic E-state index is 0.0628. The van der Waals surface area contributed by atoms with E-state index in [1.54, 1.807) is 0 Å². The summed E-state index contributed by atoms with van der Waals surface area (Å²) in [4.78, 5) is 35.0. The summed E-state index contributed by atoms with van der Waals surface area (Å²) in [7, 11) is -4.15. The predicted octanol–water partition coefficient (Wildman–Crippen LogP) is 3.50. The second-order valence-corrected chi connectivity index (χ2v) is 11.4. The minimum atomic E-state index is -4.15.